The molecule has 1 aromatic carbocycles. The topological polar surface area (TPSA) is 12.5 Å². The third-order valence-corrected chi connectivity index (χ3v) is 2.72. The highest BCUT2D eigenvalue weighted by molar-refractivity contribution is 5.29. The second-order valence-corrected chi connectivity index (χ2v) is 3.54. The predicted molar refractivity (Wildman–Crippen MR) is 56.7 cm³/mol. The number of benzene rings is 1. The Labute approximate surface area is 84.8 Å². The van der Waals surface area contributed by atoms with E-state index in [1.807, 2.05) is 0 Å². The van der Waals surface area contributed by atoms with Crippen LogP contribution in [-0.2, 0) is 17.7 Å². The first-order chi connectivity index (χ1) is 6.81. The molecule has 0 amide bonds. The van der Waals surface area contributed by atoms with Crippen LogP contribution in [0.2, 0.25) is 0 Å². The first-order valence-corrected chi connectivity index (χ1v) is 4.86. The highest BCUT2D eigenvalue weighted by atomic mass is 16.5. The fraction of sp³-hybridized carbons (Fsp3) is 0.333. The summed E-state index contributed by atoms with van der Waals surface area (Å²) in [7, 11) is 1.67. The lowest BCUT2D eigenvalue weighted by Crippen LogP contribution is -2.30. The Morgan fingerprint density at radius 2 is 2.07 bits per heavy atom. The maximum atomic E-state index is 5.14. The predicted octanol–water partition coefficient (Wildman–Crippen LogP) is 2.16. The second kappa shape index (κ2) is 3.74. The molecular formula is C12H15NO. The first-order valence-electron chi connectivity index (χ1n) is 4.86. The summed E-state index contributed by atoms with van der Waals surface area (Å²) in [6.45, 7) is 5.80. The van der Waals surface area contributed by atoms with Crippen LogP contribution in [0.5, 0.6) is 0 Å². The number of hydrogen-bond donors (Lipinski definition) is 0. The molecule has 1 aromatic rings. The number of hydrogen-bond acceptors (Lipinski definition) is 2. The molecule has 0 aromatic heterocycles. The van der Waals surface area contributed by atoms with Gasteiger partial charge in [-0.15, -0.1) is 0 Å². The molecule has 0 bridgehead atoms. The molecule has 0 unspecified atom stereocenters. The van der Waals surface area contributed by atoms with E-state index in [1.165, 1.54) is 11.1 Å². The van der Waals surface area contributed by atoms with Gasteiger partial charge in [-0.25, -0.2) is 0 Å². The lowest BCUT2D eigenvalue weighted by Gasteiger charge is -2.30. The van der Waals surface area contributed by atoms with Crippen molar-refractivity contribution < 1.29 is 4.74 Å². The van der Waals surface area contributed by atoms with E-state index in [0.29, 0.717) is 0 Å². The molecule has 0 radical (unpaired) electrons. The van der Waals surface area contributed by atoms with Crippen LogP contribution in [0.3, 0.4) is 0 Å². The van der Waals surface area contributed by atoms with Crippen molar-refractivity contribution in [3.63, 3.8) is 0 Å². The monoisotopic (exact) mass is 189 g/mol. The van der Waals surface area contributed by atoms with Gasteiger partial charge in [0.2, 0.25) is 0 Å². The normalized spacial score (nSPS) is 14.8. The average Bonchev–Trinajstić information content (AvgIpc) is 2.27. The zero-order chi connectivity index (χ0) is 9.97. The minimum absolute atomic E-state index is 0.763. The molecule has 2 rings (SSSR count). The van der Waals surface area contributed by atoms with Gasteiger partial charge in [0.1, 0.15) is 0 Å². The maximum absolute atomic E-state index is 5.14. The molecule has 0 N–H and O–H groups in total. The van der Waals surface area contributed by atoms with E-state index >= 15 is 0 Å². The molecule has 1 aliphatic rings. The maximum Gasteiger partial charge on any atom is 0.181 e. The van der Waals surface area contributed by atoms with Gasteiger partial charge in [0.25, 0.3) is 0 Å². The van der Waals surface area contributed by atoms with Crippen LogP contribution in [-0.4, -0.2) is 18.6 Å². The summed E-state index contributed by atoms with van der Waals surface area (Å²) in [5.41, 5.74) is 2.84. The Morgan fingerprint density at radius 1 is 1.36 bits per heavy atom. The molecule has 0 saturated carbocycles. The summed E-state index contributed by atoms with van der Waals surface area (Å²) in [4.78, 5) is 2.17. The van der Waals surface area contributed by atoms with E-state index in [2.05, 4.69) is 35.7 Å². The van der Waals surface area contributed by atoms with Crippen LogP contribution in [0.15, 0.2) is 36.7 Å². The molecule has 0 spiro atoms. The summed E-state index contributed by atoms with van der Waals surface area (Å²) in [6.07, 6.45) is 1.08. The molecule has 0 saturated heterocycles. The highest BCUT2D eigenvalue weighted by Gasteiger charge is 2.16. The van der Waals surface area contributed by atoms with Crippen LogP contribution >= 0.6 is 0 Å². The first kappa shape index (κ1) is 9.13. The van der Waals surface area contributed by atoms with E-state index < -0.39 is 0 Å². The van der Waals surface area contributed by atoms with Crippen molar-refractivity contribution in [3.05, 3.63) is 47.9 Å². The lowest BCUT2D eigenvalue weighted by atomic mass is 10.0. The number of rotatable bonds is 2. The molecule has 1 aliphatic heterocycles. The van der Waals surface area contributed by atoms with Crippen molar-refractivity contribution in [2.75, 3.05) is 13.7 Å². The molecule has 14 heavy (non-hydrogen) atoms. The third kappa shape index (κ3) is 1.60. The highest BCUT2D eigenvalue weighted by Crippen LogP contribution is 2.20. The Kier molecular flexibility index (Phi) is 2.44. The molecule has 2 heteroatoms. The number of ether oxygens (including phenoxy) is 1. The SMILES string of the molecule is C=C(OC)N1CCc2ccccc2C1. The molecule has 2 nitrogen and oxygen atoms in total. The van der Waals surface area contributed by atoms with Crippen molar-refractivity contribution in [2.45, 2.75) is 13.0 Å². The summed E-state index contributed by atoms with van der Waals surface area (Å²) in [5.74, 6) is 0.763. The second-order valence-electron chi connectivity index (χ2n) is 3.54. The molecule has 0 fully saturated rings. The zero-order valence-corrected chi connectivity index (χ0v) is 8.49. The summed E-state index contributed by atoms with van der Waals surface area (Å²) < 4.78 is 5.14. The largest absolute Gasteiger partial charge is 0.483 e. The van der Waals surface area contributed by atoms with E-state index in [0.717, 1.165) is 25.4 Å². The van der Waals surface area contributed by atoms with E-state index in [-0.39, 0.29) is 0 Å². The minimum atomic E-state index is 0.763. The van der Waals surface area contributed by atoms with Crippen LogP contribution in [0, 0.1) is 0 Å². The van der Waals surface area contributed by atoms with Crippen LogP contribution in [0.1, 0.15) is 11.1 Å². The van der Waals surface area contributed by atoms with Gasteiger partial charge >= 0.3 is 0 Å². The molecule has 74 valence electrons. The van der Waals surface area contributed by atoms with E-state index in [4.69, 9.17) is 4.74 Å². The van der Waals surface area contributed by atoms with Gasteiger partial charge in [-0.3, -0.25) is 0 Å². The van der Waals surface area contributed by atoms with Crippen molar-refractivity contribution in [1.29, 1.82) is 0 Å². The minimum Gasteiger partial charge on any atom is -0.483 e. The Bertz CT molecular complexity index is 346. The van der Waals surface area contributed by atoms with Crippen molar-refractivity contribution in [2.24, 2.45) is 0 Å². The Balaban J connectivity index is 2.17. The number of methoxy groups -OCH3 is 1. The standard InChI is InChI=1S/C12H15NO/c1-10(14-2)13-8-7-11-5-3-4-6-12(11)9-13/h3-6H,1,7-9H2,2H3. The van der Waals surface area contributed by atoms with Crippen LogP contribution in [0.4, 0.5) is 0 Å². The summed E-state index contributed by atoms with van der Waals surface area (Å²) in [5, 5.41) is 0. The van der Waals surface area contributed by atoms with Gasteiger partial charge in [-0.05, 0) is 24.1 Å². The zero-order valence-electron chi connectivity index (χ0n) is 8.49. The molecular weight excluding hydrogens is 174 g/mol. The fourth-order valence-corrected chi connectivity index (χ4v) is 1.84. The van der Waals surface area contributed by atoms with Gasteiger partial charge in [0, 0.05) is 13.1 Å². The average molecular weight is 189 g/mol. The van der Waals surface area contributed by atoms with Crippen LogP contribution < -0.4 is 0 Å². The van der Waals surface area contributed by atoms with Crippen molar-refractivity contribution >= 4 is 0 Å². The van der Waals surface area contributed by atoms with Gasteiger partial charge in [-0.2, -0.15) is 0 Å². The number of nitrogens with zero attached hydrogens (tertiary/aromatic N) is 1. The smallest absolute Gasteiger partial charge is 0.181 e. The Hall–Kier alpha value is -1.44. The van der Waals surface area contributed by atoms with Gasteiger partial charge in [-0.1, -0.05) is 24.3 Å². The van der Waals surface area contributed by atoms with Crippen molar-refractivity contribution in [3.8, 4) is 0 Å². The van der Waals surface area contributed by atoms with Gasteiger partial charge in [0.05, 0.1) is 7.11 Å². The van der Waals surface area contributed by atoms with E-state index in [1.54, 1.807) is 7.11 Å². The number of fused-ring (bicyclic) bond motifs is 1. The molecule has 1 heterocycles. The lowest BCUT2D eigenvalue weighted by molar-refractivity contribution is 0.145. The fourth-order valence-electron chi connectivity index (χ4n) is 1.84. The van der Waals surface area contributed by atoms with Crippen molar-refractivity contribution in [1.82, 2.24) is 4.90 Å². The van der Waals surface area contributed by atoms with Crippen LogP contribution in [0.25, 0.3) is 0 Å². The van der Waals surface area contributed by atoms with E-state index in [9.17, 15) is 0 Å². The quantitative estimate of drug-likeness (QED) is 0.661. The van der Waals surface area contributed by atoms with Gasteiger partial charge in [0.15, 0.2) is 5.88 Å². The van der Waals surface area contributed by atoms with Gasteiger partial charge < -0.3 is 9.64 Å². The Morgan fingerprint density at radius 3 is 2.79 bits per heavy atom. The molecule has 0 atom stereocenters. The third-order valence-electron chi connectivity index (χ3n) is 2.72. The summed E-state index contributed by atoms with van der Waals surface area (Å²) in [6, 6.07) is 8.55. The molecule has 0 aliphatic carbocycles. The summed E-state index contributed by atoms with van der Waals surface area (Å²) >= 11 is 0.